The Labute approximate surface area is 123 Å². The highest BCUT2D eigenvalue weighted by atomic mass is 19.4. The quantitative estimate of drug-likeness (QED) is 0.548. The van der Waals surface area contributed by atoms with Crippen LogP contribution in [0.5, 0.6) is 0 Å². The van der Waals surface area contributed by atoms with Gasteiger partial charge in [0, 0.05) is 0 Å². The molecular formula is C8H4F10N4O2. The largest absolute Gasteiger partial charge is 0.458 e. The van der Waals surface area contributed by atoms with Gasteiger partial charge in [-0.15, -0.1) is 0 Å². The molecule has 0 spiro atoms. The summed E-state index contributed by atoms with van der Waals surface area (Å²) in [5.74, 6) is -12.8. The van der Waals surface area contributed by atoms with Crippen LogP contribution in [0, 0.1) is 0 Å². The zero-order chi connectivity index (χ0) is 19.0. The van der Waals surface area contributed by atoms with E-state index in [2.05, 4.69) is 0 Å². The van der Waals surface area contributed by atoms with Crippen LogP contribution in [0.25, 0.3) is 0 Å². The monoisotopic (exact) mass is 378 g/mol. The summed E-state index contributed by atoms with van der Waals surface area (Å²) < 4.78 is 131. The minimum absolute atomic E-state index is 0.631. The van der Waals surface area contributed by atoms with Gasteiger partial charge in [-0.3, -0.25) is 0 Å². The number of urea groups is 2. The predicted octanol–water partition coefficient (Wildman–Crippen LogP) is 1.40. The number of alkyl halides is 10. The number of hydrogen-bond acceptors (Lipinski definition) is 2. The number of carbonyl (C=O) groups is 2. The van der Waals surface area contributed by atoms with Crippen LogP contribution in [0.3, 0.4) is 0 Å². The predicted molar refractivity (Wildman–Crippen MR) is 50.8 cm³/mol. The average Bonchev–Trinajstić information content (AvgIpc) is 2.75. The van der Waals surface area contributed by atoms with Crippen molar-refractivity contribution < 1.29 is 53.5 Å². The Balaban J connectivity index is 2.81. The lowest BCUT2D eigenvalue weighted by Gasteiger charge is -2.45. The van der Waals surface area contributed by atoms with Crippen molar-refractivity contribution in [2.24, 2.45) is 0 Å². The topological polar surface area (TPSA) is 82.3 Å². The molecule has 0 atom stereocenters. The molecule has 2 aliphatic rings. The second kappa shape index (κ2) is 4.27. The van der Waals surface area contributed by atoms with E-state index in [0.29, 0.717) is 21.3 Å². The van der Waals surface area contributed by atoms with Crippen molar-refractivity contribution in [2.45, 2.75) is 35.5 Å². The molecule has 2 saturated heterocycles. The van der Waals surface area contributed by atoms with Gasteiger partial charge in [-0.1, -0.05) is 0 Å². The van der Waals surface area contributed by atoms with Gasteiger partial charge >= 0.3 is 36.3 Å². The number of nitrogens with one attached hydrogen (secondary N) is 4. The lowest BCUT2D eigenvalue weighted by atomic mass is 9.83. The smallest absolute Gasteiger partial charge is 0.306 e. The third-order valence-corrected chi connectivity index (χ3v) is 3.42. The third-order valence-electron chi connectivity index (χ3n) is 3.42. The molecule has 2 aliphatic heterocycles. The number of hydrogen-bond donors (Lipinski definition) is 4. The molecule has 6 nitrogen and oxygen atoms in total. The molecule has 0 aliphatic carbocycles. The first-order valence-electron chi connectivity index (χ1n) is 5.55. The van der Waals surface area contributed by atoms with E-state index in [9.17, 15) is 53.5 Å². The van der Waals surface area contributed by atoms with Crippen molar-refractivity contribution in [2.75, 3.05) is 0 Å². The molecule has 2 rings (SSSR count). The van der Waals surface area contributed by atoms with Gasteiger partial charge in [-0.05, 0) is 0 Å². The van der Waals surface area contributed by atoms with Crippen LogP contribution in [-0.4, -0.2) is 47.6 Å². The molecule has 138 valence electrons. The molecule has 2 heterocycles. The molecule has 0 saturated carbocycles. The summed E-state index contributed by atoms with van der Waals surface area (Å²) in [4.78, 5) is 22.2. The summed E-state index contributed by atoms with van der Waals surface area (Å²) in [5.41, 5.74) is -9.77. The van der Waals surface area contributed by atoms with E-state index in [-0.39, 0.29) is 0 Å². The van der Waals surface area contributed by atoms with Gasteiger partial charge in [0.1, 0.15) is 0 Å². The lowest BCUT2D eigenvalue weighted by molar-refractivity contribution is -0.358. The molecule has 0 aromatic rings. The minimum atomic E-state index is -6.71. The van der Waals surface area contributed by atoms with Crippen LogP contribution in [0.1, 0.15) is 0 Å². The Morgan fingerprint density at radius 1 is 0.542 bits per heavy atom. The van der Waals surface area contributed by atoms with Crippen LogP contribution in [0.15, 0.2) is 0 Å². The van der Waals surface area contributed by atoms with Crippen LogP contribution >= 0.6 is 0 Å². The van der Waals surface area contributed by atoms with Crippen molar-refractivity contribution >= 4 is 12.1 Å². The number of fused-ring (bicyclic) bond motifs is 1. The summed E-state index contributed by atoms with van der Waals surface area (Å²) in [6.07, 6.45) is -13.4. The zero-order valence-corrected chi connectivity index (χ0v) is 10.6. The number of halogens is 10. The molecule has 4 N–H and O–H groups in total. The Bertz CT molecular complexity index is 529. The van der Waals surface area contributed by atoms with Gasteiger partial charge < -0.3 is 21.3 Å². The maximum atomic E-state index is 13.8. The van der Waals surface area contributed by atoms with E-state index in [0.717, 1.165) is 0 Å². The summed E-state index contributed by atoms with van der Waals surface area (Å²) in [5, 5.41) is 2.52. The lowest BCUT2D eigenvalue weighted by Crippen LogP contribution is -2.84. The first-order valence-corrected chi connectivity index (χ1v) is 5.55. The average molecular weight is 378 g/mol. The van der Waals surface area contributed by atoms with Gasteiger partial charge in [-0.25, -0.2) is 9.59 Å². The van der Waals surface area contributed by atoms with E-state index >= 15 is 0 Å². The summed E-state index contributed by atoms with van der Waals surface area (Å²) in [7, 11) is 0. The van der Waals surface area contributed by atoms with E-state index < -0.39 is 47.6 Å². The summed E-state index contributed by atoms with van der Waals surface area (Å²) in [6, 6.07) is -4.45. The van der Waals surface area contributed by atoms with E-state index in [1.165, 1.54) is 0 Å². The van der Waals surface area contributed by atoms with Gasteiger partial charge in [0.05, 0.1) is 0 Å². The second-order valence-electron chi connectivity index (χ2n) is 4.80. The molecule has 24 heavy (non-hydrogen) atoms. The first kappa shape index (κ1) is 18.2. The van der Waals surface area contributed by atoms with Crippen LogP contribution < -0.4 is 21.3 Å². The molecule has 16 heteroatoms. The molecule has 0 aromatic heterocycles. The first-order chi connectivity index (χ1) is 10.5. The van der Waals surface area contributed by atoms with Crippen molar-refractivity contribution in [3.8, 4) is 0 Å². The Hall–Kier alpha value is -2.16. The van der Waals surface area contributed by atoms with Crippen LogP contribution in [0.4, 0.5) is 53.5 Å². The highest BCUT2D eigenvalue weighted by Gasteiger charge is 2.92. The van der Waals surface area contributed by atoms with E-state index in [4.69, 9.17) is 0 Å². The fourth-order valence-corrected chi connectivity index (χ4v) is 2.39. The SMILES string of the molecule is O=C1NC2(C(F)(F)C(F)(F)F)NC(=O)NC2(C(F)(F)C(F)(F)F)N1. The summed E-state index contributed by atoms with van der Waals surface area (Å²) in [6.45, 7) is 0. The van der Waals surface area contributed by atoms with E-state index in [1.54, 1.807) is 0 Å². The molecule has 0 radical (unpaired) electrons. The second-order valence-corrected chi connectivity index (χ2v) is 4.80. The normalized spacial score (nSPS) is 31.1. The van der Waals surface area contributed by atoms with Crippen LogP contribution in [0.2, 0.25) is 0 Å². The number of carbonyl (C=O) groups excluding carboxylic acids is 2. The minimum Gasteiger partial charge on any atom is -0.306 e. The molecule has 0 aromatic carbocycles. The van der Waals surface area contributed by atoms with Crippen LogP contribution in [-0.2, 0) is 0 Å². The Morgan fingerprint density at radius 3 is 0.917 bits per heavy atom. The van der Waals surface area contributed by atoms with Crippen molar-refractivity contribution in [3.63, 3.8) is 0 Å². The highest BCUT2D eigenvalue weighted by molar-refractivity contribution is 5.89. The zero-order valence-electron chi connectivity index (χ0n) is 10.6. The fraction of sp³-hybridized carbons (Fsp3) is 0.750. The van der Waals surface area contributed by atoms with Crippen molar-refractivity contribution in [3.05, 3.63) is 0 Å². The molecule has 2 fully saturated rings. The van der Waals surface area contributed by atoms with Gasteiger partial charge in [0.25, 0.3) is 0 Å². The van der Waals surface area contributed by atoms with Gasteiger partial charge in [0.2, 0.25) is 11.3 Å². The maximum Gasteiger partial charge on any atom is 0.458 e. The van der Waals surface area contributed by atoms with Gasteiger partial charge in [-0.2, -0.15) is 43.9 Å². The Kier molecular flexibility index (Phi) is 3.23. The van der Waals surface area contributed by atoms with Crippen molar-refractivity contribution in [1.29, 1.82) is 0 Å². The molecule has 4 amide bonds. The van der Waals surface area contributed by atoms with E-state index in [1.807, 2.05) is 0 Å². The molecule has 0 unspecified atom stereocenters. The highest BCUT2D eigenvalue weighted by Crippen LogP contribution is 2.56. The maximum absolute atomic E-state index is 13.8. The number of rotatable bonds is 2. The standard InChI is InChI=1S/C8H4F10N4O2/c9-3(10,7(13,14)15)5-6(20-1(23)19-5,22-2(24)21-5)4(11,12)8(16,17)18/h(H2,19,20,23)(H2,21,22,24). The fourth-order valence-electron chi connectivity index (χ4n) is 2.39. The Morgan fingerprint density at radius 2 is 0.750 bits per heavy atom. The third kappa shape index (κ3) is 1.78. The molecular weight excluding hydrogens is 374 g/mol. The summed E-state index contributed by atoms with van der Waals surface area (Å²) >= 11 is 0. The number of amides is 4. The van der Waals surface area contributed by atoms with Crippen molar-refractivity contribution in [1.82, 2.24) is 21.3 Å². The molecule has 0 bridgehead atoms. The van der Waals surface area contributed by atoms with Gasteiger partial charge in [0.15, 0.2) is 0 Å².